The average molecular weight is 491 g/mol. The van der Waals surface area contributed by atoms with Crippen LogP contribution < -0.4 is 0 Å². The van der Waals surface area contributed by atoms with E-state index in [1.807, 2.05) is 6.07 Å². The molecule has 1 unspecified atom stereocenters. The maximum atomic E-state index is 13.5. The van der Waals surface area contributed by atoms with Gasteiger partial charge in [0, 0.05) is 37.0 Å². The number of fused-ring (bicyclic) bond motifs is 1. The molecule has 1 fully saturated rings. The topological polar surface area (TPSA) is 95.6 Å². The molecule has 0 saturated carbocycles. The van der Waals surface area contributed by atoms with Gasteiger partial charge >= 0.3 is 0 Å². The molecular weight excluding hydrogens is 463 g/mol. The molecule has 186 valence electrons. The average Bonchev–Trinajstić information content (AvgIpc) is 3.62. The molecule has 0 spiro atoms. The number of halogens is 1. The van der Waals surface area contributed by atoms with Crippen LogP contribution in [-0.2, 0) is 11.2 Å². The predicted molar refractivity (Wildman–Crippen MR) is 130 cm³/mol. The summed E-state index contributed by atoms with van der Waals surface area (Å²) in [4.78, 5) is 41.4. The molecule has 1 saturated heterocycles. The summed E-state index contributed by atoms with van der Waals surface area (Å²) in [5.74, 6) is -1.25. The first kappa shape index (κ1) is 23.9. The van der Waals surface area contributed by atoms with Gasteiger partial charge in [-0.15, -0.1) is 0 Å². The molecule has 5 rings (SSSR count). The van der Waals surface area contributed by atoms with Crippen LogP contribution in [0.15, 0.2) is 48.5 Å². The Bertz CT molecular complexity index is 1310. The number of hydrogen-bond acceptors (Lipinski definition) is 5. The zero-order valence-corrected chi connectivity index (χ0v) is 20.0. The smallest absolute Gasteiger partial charge is 0.261 e. The highest BCUT2D eigenvalue weighted by Crippen LogP contribution is 2.26. The van der Waals surface area contributed by atoms with Gasteiger partial charge in [-0.1, -0.05) is 12.1 Å². The van der Waals surface area contributed by atoms with Crippen LogP contribution in [0, 0.1) is 5.82 Å². The second-order valence-electron chi connectivity index (χ2n) is 9.24. The van der Waals surface area contributed by atoms with Crippen LogP contribution in [0.1, 0.15) is 56.0 Å². The van der Waals surface area contributed by atoms with E-state index in [-0.39, 0.29) is 41.8 Å². The number of aryl methyl sites for hydroxylation is 1. The standard InChI is InChI=1S/C27H27FN4O4/c1-31(11-3-7-20-15-24(30-29-20)17-5-2-6-19(28)13-17)25(33)18-9-10-22-23(14-18)27(35)32(26(22)34)16-21-8-4-12-36-21/h2,5-6,9-10,13-15,21H,3-4,7-8,11-12,16H2,1H3,(H,29,30). The van der Waals surface area contributed by atoms with Crippen LogP contribution in [-0.4, -0.2) is 70.6 Å². The van der Waals surface area contributed by atoms with Crippen LogP contribution >= 0.6 is 0 Å². The van der Waals surface area contributed by atoms with Gasteiger partial charge in [-0.2, -0.15) is 5.10 Å². The summed E-state index contributed by atoms with van der Waals surface area (Å²) in [6, 6.07) is 12.8. The fourth-order valence-corrected chi connectivity index (χ4v) is 4.70. The Hall–Kier alpha value is -3.85. The van der Waals surface area contributed by atoms with Gasteiger partial charge in [-0.3, -0.25) is 24.4 Å². The van der Waals surface area contributed by atoms with Gasteiger partial charge in [0.05, 0.1) is 29.5 Å². The molecule has 0 radical (unpaired) electrons. The van der Waals surface area contributed by atoms with Crippen molar-refractivity contribution in [2.24, 2.45) is 0 Å². The minimum Gasteiger partial charge on any atom is -0.376 e. The lowest BCUT2D eigenvalue weighted by atomic mass is 10.0. The Kier molecular flexibility index (Phi) is 6.65. The lowest BCUT2D eigenvalue weighted by Crippen LogP contribution is -2.36. The number of carbonyl (C=O) groups excluding carboxylic acids is 3. The number of nitrogens with zero attached hydrogens (tertiary/aromatic N) is 3. The minimum absolute atomic E-state index is 0.126. The number of H-pyrrole nitrogens is 1. The van der Waals surface area contributed by atoms with Gasteiger partial charge in [0.25, 0.3) is 17.7 Å². The Labute approximate surface area is 208 Å². The monoisotopic (exact) mass is 490 g/mol. The normalized spacial score (nSPS) is 17.1. The summed E-state index contributed by atoms with van der Waals surface area (Å²) < 4.78 is 19.0. The molecule has 2 aliphatic rings. The van der Waals surface area contributed by atoms with Crippen molar-refractivity contribution in [3.8, 4) is 11.3 Å². The van der Waals surface area contributed by atoms with Crippen LogP contribution in [0.2, 0.25) is 0 Å². The molecule has 3 amide bonds. The summed E-state index contributed by atoms with van der Waals surface area (Å²) in [6.07, 6.45) is 2.97. The van der Waals surface area contributed by atoms with Crippen molar-refractivity contribution in [1.82, 2.24) is 20.0 Å². The van der Waals surface area contributed by atoms with Crippen molar-refractivity contribution in [3.05, 3.63) is 76.7 Å². The van der Waals surface area contributed by atoms with Crippen molar-refractivity contribution in [3.63, 3.8) is 0 Å². The van der Waals surface area contributed by atoms with E-state index in [4.69, 9.17) is 4.74 Å². The van der Waals surface area contributed by atoms with E-state index in [9.17, 15) is 18.8 Å². The second-order valence-corrected chi connectivity index (χ2v) is 9.24. The van der Waals surface area contributed by atoms with E-state index in [1.54, 1.807) is 36.2 Å². The number of nitrogens with one attached hydrogen (secondary N) is 1. The number of aromatic nitrogens is 2. The SMILES string of the molecule is CN(CCCc1cc(-c2cccc(F)c2)n[nH]1)C(=O)c1ccc2c(c1)C(=O)N(CC1CCCO1)C2=O. The zero-order chi connectivity index (χ0) is 25.2. The van der Waals surface area contributed by atoms with E-state index >= 15 is 0 Å². The highest BCUT2D eigenvalue weighted by Gasteiger charge is 2.38. The van der Waals surface area contributed by atoms with Gasteiger partial charge in [-0.25, -0.2) is 4.39 Å². The molecule has 8 nitrogen and oxygen atoms in total. The molecule has 9 heteroatoms. The van der Waals surface area contributed by atoms with E-state index < -0.39 is 0 Å². The number of imide groups is 1. The molecule has 1 atom stereocenters. The van der Waals surface area contributed by atoms with Crippen LogP contribution in [0.3, 0.4) is 0 Å². The summed E-state index contributed by atoms with van der Waals surface area (Å²) in [5.41, 5.74) is 3.21. The summed E-state index contributed by atoms with van der Waals surface area (Å²) in [6.45, 7) is 1.37. The first-order valence-electron chi connectivity index (χ1n) is 12.1. The fraction of sp³-hybridized carbons (Fsp3) is 0.333. The lowest BCUT2D eigenvalue weighted by molar-refractivity contribution is 0.0475. The first-order chi connectivity index (χ1) is 17.4. The number of benzene rings is 2. The molecule has 0 bridgehead atoms. The number of hydrogen-bond donors (Lipinski definition) is 1. The van der Waals surface area contributed by atoms with Crippen molar-refractivity contribution in [2.45, 2.75) is 31.8 Å². The first-order valence-corrected chi connectivity index (χ1v) is 12.1. The summed E-state index contributed by atoms with van der Waals surface area (Å²) >= 11 is 0. The van der Waals surface area contributed by atoms with Gasteiger partial charge in [0.2, 0.25) is 0 Å². The van der Waals surface area contributed by atoms with E-state index in [0.717, 1.165) is 18.5 Å². The number of aromatic amines is 1. The van der Waals surface area contributed by atoms with E-state index in [1.165, 1.54) is 23.1 Å². The third-order valence-electron chi connectivity index (χ3n) is 6.67. The molecule has 0 aliphatic carbocycles. The van der Waals surface area contributed by atoms with Crippen molar-refractivity contribution in [1.29, 1.82) is 0 Å². The number of ether oxygens (including phenoxy) is 1. The van der Waals surface area contributed by atoms with E-state index in [0.29, 0.717) is 48.4 Å². The molecule has 2 aliphatic heterocycles. The predicted octanol–water partition coefficient (Wildman–Crippen LogP) is 3.70. The van der Waals surface area contributed by atoms with Crippen LogP contribution in [0.5, 0.6) is 0 Å². The van der Waals surface area contributed by atoms with Gasteiger partial charge < -0.3 is 9.64 Å². The van der Waals surface area contributed by atoms with Crippen molar-refractivity contribution >= 4 is 17.7 Å². The Balaban J connectivity index is 1.18. The van der Waals surface area contributed by atoms with Gasteiger partial charge in [-0.05, 0) is 62.1 Å². The summed E-state index contributed by atoms with van der Waals surface area (Å²) in [7, 11) is 1.71. The third-order valence-corrected chi connectivity index (χ3v) is 6.67. The largest absolute Gasteiger partial charge is 0.376 e. The molecule has 1 aromatic heterocycles. The lowest BCUT2D eigenvalue weighted by Gasteiger charge is -2.18. The molecule has 2 aromatic carbocycles. The van der Waals surface area contributed by atoms with Gasteiger partial charge in [0.15, 0.2) is 0 Å². The fourth-order valence-electron chi connectivity index (χ4n) is 4.70. The highest BCUT2D eigenvalue weighted by atomic mass is 19.1. The Morgan fingerprint density at radius 3 is 2.78 bits per heavy atom. The number of carbonyl (C=O) groups is 3. The summed E-state index contributed by atoms with van der Waals surface area (Å²) in [5, 5.41) is 7.22. The number of amides is 3. The maximum absolute atomic E-state index is 13.5. The van der Waals surface area contributed by atoms with Gasteiger partial charge in [0.1, 0.15) is 5.82 Å². The minimum atomic E-state index is -0.379. The van der Waals surface area contributed by atoms with Crippen molar-refractivity contribution in [2.75, 3.05) is 26.7 Å². The van der Waals surface area contributed by atoms with Crippen LogP contribution in [0.25, 0.3) is 11.3 Å². The molecular formula is C27H27FN4O4. The quantitative estimate of drug-likeness (QED) is 0.486. The van der Waals surface area contributed by atoms with Crippen molar-refractivity contribution < 1.29 is 23.5 Å². The molecule has 3 aromatic rings. The second kappa shape index (κ2) is 10.0. The highest BCUT2D eigenvalue weighted by molar-refractivity contribution is 6.22. The Morgan fingerprint density at radius 1 is 1.17 bits per heavy atom. The molecule has 36 heavy (non-hydrogen) atoms. The number of rotatable bonds is 8. The molecule has 1 N–H and O–H groups in total. The third kappa shape index (κ3) is 4.79. The van der Waals surface area contributed by atoms with E-state index in [2.05, 4.69) is 10.2 Å². The zero-order valence-electron chi connectivity index (χ0n) is 20.0. The maximum Gasteiger partial charge on any atom is 0.261 e. The van der Waals surface area contributed by atoms with Crippen LogP contribution in [0.4, 0.5) is 4.39 Å². The molecule has 3 heterocycles. The Morgan fingerprint density at radius 2 is 2.00 bits per heavy atom.